The van der Waals surface area contributed by atoms with Crippen molar-refractivity contribution in [2.24, 2.45) is 0 Å². The third-order valence-electron chi connectivity index (χ3n) is 6.51. The lowest BCUT2D eigenvalue weighted by Gasteiger charge is -2.34. The van der Waals surface area contributed by atoms with Gasteiger partial charge in [0.15, 0.2) is 0 Å². The molecular weight excluding hydrogens is 488 g/mol. The third kappa shape index (κ3) is 8.20. The number of hydrogen-bond donors (Lipinski definition) is 0. The van der Waals surface area contributed by atoms with E-state index in [2.05, 4.69) is 23.6 Å². The molecule has 0 bridgehead atoms. The minimum Gasteiger partial charge on any atom is -0.497 e. The second kappa shape index (κ2) is 11.3. The molecule has 0 spiro atoms. The highest BCUT2D eigenvalue weighted by atomic mass is 32.2. The van der Waals surface area contributed by atoms with Crippen LogP contribution in [0.3, 0.4) is 0 Å². The first-order chi connectivity index (χ1) is 16.4. The van der Waals surface area contributed by atoms with E-state index in [-0.39, 0.29) is 16.9 Å². The number of piperazine rings is 1. The van der Waals surface area contributed by atoms with Crippen LogP contribution in [0.5, 0.6) is 11.5 Å². The summed E-state index contributed by atoms with van der Waals surface area (Å²) in [4.78, 5) is 4.16. The Kier molecular flexibility index (Phi) is 8.85. The molecule has 194 valence electrons. The molecule has 35 heavy (non-hydrogen) atoms. The smallest absolute Gasteiger partial charge is 0.310 e. The molecule has 0 N–H and O–H groups in total. The predicted octanol–water partition coefficient (Wildman–Crippen LogP) is 2.39. The summed E-state index contributed by atoms with van der Waals surface area (Å²) in [6.07, 6.45) is 1.24. The fourth-order valence-electron chi connectivity index (χ4n) is 4.06. The Labute approximate surface area is 209 Å². The molecule has 0 radical (unpaired) electrons. The highest BCUT2D eigenvalue weighted by Gasteiger charge is 2.24. The summed E-state index contributed by atoms with van der Waals surface area (Å²) in [6, 6.07) is 15.1. The molecule has 1 heterocycles. The number of hydrogen-bond acceptors (Lipinski definition) is 8. The van der Waals surface area contributed by atoms with E-state index >= 15 is 0 Å². The first kappa shape index (κ1) is 27.4. The van der Waals surface area contributed by atoms with Gasteiger partial charge in [0.1, 0.15) is 21.3 Å². The van der Waals surface area contributed by atoms with E-state index < -0.39 is 20.0 Å². The molecule has 1 aliphatic heterocycles. The first-order valence-corrected chi connectivity index (χ1v) is 15.3. The molecule has 0 aromatic heterocycles. The molecular formula is C25H36N2O6S2. The number of ether oxygens (including phenoxy) is 1. The molecule has 0 atom stereocenters. The zero-order valence-electron chi connectivity index (χ0n) is 20.9. The molecule has 3 rings (SSSR count). The molecule has 1 saturated heterocycles. The van der Waals surface area contributed by atoms with Crippen LogP contribution < -0.4 is 8.92 Å². The van der Waals surface area contributed by atoms with Crippen molar-refractivity contribution in [1.82, 2.24) is 9.80 Å². The van der Waals surface area contributed by atoms with Crippen molar-refractivity contribution in [3.8, 4) is 11.5 Å². The minimum atomic E-state index is -3.73. The fourth-order valence-corrected chi connectivity index (χ4v) is 5.62. The van der Waals surface area contributed by atoms with Gasteiger partial charge < -0.3 is 8.92 Å². The van der Waals surface area contributed by atoms with Crippen LogP contribution in [0, 0.1) is 0 Å². The van der Waals surface area contributed by atoms with Crippen LogP contribution in [-0.4, -0.2) is 90.8 Å². The second-order valence-electron chi connectivity index (χ2n) is 9.54. The van der Waals surface area contributed by atoms with Crippen LogP contribution in [0.1, 0.15) is 25.0 Å². The maximum absolute atomic E-state index is 12.5. The Morgan fingerprint density at radius 2 is 1.17 bits per heavy atom. The van der Waals surface area contributed by atoms with Gasteiger partial charge in [-0.05, 0) is 35.4 Å². The van der Waals surface area contributed by atoms with Crippen molar-refractivity contribution in [3.63, 3.8) is 0 Å². The first-order valence-electron chi connectivity index (χ1n) is 11.7. The maximum Gasteiger partial charge on any atom is 0.310 e. The number of nitrogens with zero attached hydrogens (tertiary/aromatic N) is 2. The van der Waals surface area contributed by atoms with E-state index in [1.807, 2.05) is 36.4 Å². The molecule has 0 unspecified atom stereocenters. The minimum absolute atomic E-state index is 0.102. The van der Waals surface area contributed by atoms with Gasteiger partial charge in [0.2, 0.25) is 0 Å². The van der Waals surface area contributed by atoms with E-state index in [4.69, 9.17) is 8.92 Å². The van der Waals surface area contributed by atoms with Gasteiger partial charge in [-0.3, -0.25) is 9.80 Å². The molecule has 2 aromatic carbocycles. The Bertz CT molecular complexity index is 1170. The standard InChI is InChI=1S/C25H36N2O6S2/c1-25(2,21-5-9-23(32-3)10-6-21)22-7-11-24(12-8-22)33-35(30,31)20-18-27-15-13-26(14-16-27)17-19-34(4,28)29/h5-12H,13-20H2,1-4H3. The molecule has 1 fully saturated rings. The average Bonchev–Trinajstić information content (AvgIpc) is 2.82. The molecule has 0 aliphatic carbocycles. The van der Waals surface area contributed by atoms with Crippen LogP contribution in [0.4, 0.5) is 0 Å². The number of benzene rings is 2. The fraction of sp³-hybridized carbons (Fsp3) is 0.520. The van der Waals surface area contributed by atoms with Gasteiger partial charge in [-0.1, -0.05) is 38.1 Å². The van der Waals surface area contributed by atoms with E-state index in [0.29, 0.717) is 31.9 Å². The van der Waals surface area contributed by atoms with Gasteiger partial charge in [-0.25, -0.2) is 8.42 Å². The van der Waals surface area contributed by atoms with Crippen LogP contribution in [0.15, 0.2) is 48.5 Å². The summed E-state index contributed by atoms with van der Waals surface area (Å²) >= 11 is 0. The SMILES string of the molecule is COc1ccc(C(C)(C)c2ccc(OS(=O)(=O)CCN3CCN(CCS(C)(=O)=O)CC3)cc2)cc1. The maximum atomic E-state index is 12.5. The monoisotopic (exact) mass is 524 g/mol. The highest BCUT2D eigenvalue weighted by Crippen LogP contribution is 2.33. The summed E-state index contributed by atoms with van der Waals surface area (Å²) in [5.74, 6) is 1.14. The zero-order valence-corrected chi connectivity index (χ0v) is 22.6. The van der Waals surface area contributed by atoms with E-state index in [9.17, 15) is 16.8 Å². The number of sulfone groups is 1. The van der Waals surface area contributed by atoms with Gasteiger partial charge in [0.25, 0.3) is 0 Å². The summed E-state index contributed by atoms with van der Waals surface area (Å²) in [7, 11) is -5.08. The predicted molar refractivity (Wildman–Crippen MR) is 139 cm³/mol. The van der Waals surface area contributed by atoms with Gasteiger partial charge in [0, 0.05) is 50.9 Å². The van der Waals surface area contributed by atoms with E-state index in [1.165, 1.54) is 6.26 Å². The van der Waals surface area contributed by atoms with Crippen molar-refractivity contribution in [2.75, 3.05) is 64.1 Å². The lowest BCUT2D eigenvalue weighted by molar-refractivity contribution is 0.143. The van der Waals surface area contributed by atoms with Crippen molar-refractivity contribution >= 4 is 20.0 Å². The lowest BCUT2D eigenvalue weighted by Crippen LogP contribution is -2.48. The topological polar surface area (TPSA) is 93.2 Å². The Balaban J connectivity index is 1.51. The van der Waals surface area contributed by atoms with E-state index in [0.717, 1.165) is 30.0 Å². The Morgan fingerprint density at radius 3 is 1.60 bits per heavy atom. The van der Waals surface area contributed by atoms with Crippen LogP contribution in [0.2, 0.25) is 0 Å². The normalized spacial score (nSPS) is 16.2. The van der Waals surface area contributed by atoms with Crippen molar-refractivity contribution in [2.45, 2.75) is 19.3 Å². The largest absolute Gasteiger partial charge is 0.497 e. The Morgan fingerprint density at radius 1 is 0.743 bits per heavy atom. The molecule has 0 saturated carbocycles. The average molecular weight is 525 g/mol. The van der Waals surface area contributed by atoms with Crippen LogP contribution in [-0.2, 0) is 25.4 Å². The number of rotatable bonds is 11. The van der Waals surface area contributed by atoms with Crippen LogP contribution >= 0.6 is 0 Å². The summed E-state index contributed by atoms with van der Waals surface area (Å²) in [5, 5.41) is 0. The third-order valence-corrected chi connectivity index (χ3v) is 8.56. The summed E-state index contributed by atoms with van der Waals surface area (Å²) < 4.78 is 58.3. The molecule has 1 aliphatic rings. The van der Waals surface area contributed by atoms with Crippen molar-refractivity contribution in [1.29, 1.82) is 0 Å². The zero-order chi connectivity index (χ0) is 25.7. The summed E-state index contributed by atoms with van der Waals surface area (Å²) in [5.41, 5.74) is 1.89. The van der Waals surface area contributed by atoms with Gasteiger partial charge in [0.05, 0.1) is 18.6 Å². The highest BCUT2D eigenvalue weighted by molar-refractivity contribution is 7.90. The molecule has 10 heteroatoms. The van der Waals surface area contributed by atoms with E-state index in [1.54, 1.807) is 19.2 Å². The van der Waals surface area contributed by atoms with Gasteiger partial charge in [-0.2, -0.15) is 8.42 Å². The molecule has 0 amide bonds. The lowest BCUT2D eigenvalue weighted by atomic mass is 9.78. The quantitative estimate of drug-likeness (QED) is 0.414. The Hall–Kier alpha value is -2.14. The van der Waals surface area contributed by atoms with Crippen molar-refractivity contribution < 1.29 is 25.8 Å². The number of methoxy groups -OCH3 is 1. The van der Waals surface area contributed by atoms with Crippen molar-refractivity contribution in [3.05, 3.63) is 59.7 Å². The second-order valence-corrected chi connectivity index (χ2v) is 13.5. The molecule has 2 aromatic rings. The van der Waals surface area contributed by atoms with Crippen LogP contribution in [0.25, 0.3) is 0 Å². The van der Waals surface area contributed by atoms with Gasteiger partial charge >= 0.3 is 10.1 Å². The van der Waals surface area contributed by atoms with Gasteiger partial charge in [-0.15, -0.1) is 0 Å². The summed E-state index contributed by atoms with van der Waals surface area (Å²) in [6.45, 7) is 7.97. The molecule has 8 nitrogen and oxygen atoms in total.